The average Bonchev–Trinajstić information content (AvgIpc) is 2.76. The second kappa shape index (κ2) is 5.57. The van der Waals surface area contributed by atoms with Gasteiger partial charge in [0.15, 0.2) is 11.4 Å². The molecule has 0 bridgehead atoms. The average molecular weight is 264 g/mol. The maximum Gasteiger partial charge on any atom is 0.262 e. The smallest absolute Gasteiger partial charge is 0.262 e. The third kappa shape index (κ3) is 2.60. The highest BCUT2D eigenvalue weighted by Gasteiger charge is 2.14. The predicted octanol–water partition coefficient (Wildman–Crippen LogP) is 0.910. The Labute approximate surface area is 109 Å². The second-order valence-electron chi connectivity index (χ2n) is 4.13. The van der Waals surface area contributed by atoms with Gasteiger partial charge >= 0.3 is 0 Å². The van der Waals surface area contributed by atoms with E-state index in [1.54, 1.807) is 28.2 Å². The molecule has 0 saturated carbocycles. The number of nitrogens with one attached hydrogen (secondary N) is 2. The van der Waals surface area contributed by atoms with Crippen LogP contribution in [0.5, 0.6) is 5.75 Å². The highest BCUT2D eigenvalue weighted by Crippen LogP contribution is 2.25. The van der Waals surface area contributed by atoms with Crippen molar-refractivity contribution in [3.63, 3.8) is 0 Å². The number of hydroxylamine groups is 1. The Morgan fingerprint density at radius 2 is 2.32 bits per heavy atom. The molecule has 0 aliphatic heterocycles. The summed E-state index contributed by atoms with van der Waals surface area (Å²) in [4.78, 5) is 15.4. The van der Waals surface area contributed by atoms with Crippen molar-refractivity contribution in [2.45, 2.75) is 19.8 Å². The summed E-state index contributed by atoms with van der Waals surface area (Å²) < 4.78 is 1.69. The number of anilines is 1. The van der Waals surface area contributed by atoms with Crippen LogP contribution in [-0.2, 0) is 11.2 Å². The van der Waals surface area contributed by atoms with Crippen LogP contribution >= 0.6 is 0 Å². The van der Waals surface area contributed by atoms with E-state index in [1.165, 1.54) is 0 Å². The first-order chi connectivity index (χ1) is 9.17. The molecule has 102 valence electrons. The van der Waals surface area contributed by atoms with Crippen molar-refractivity contribution in [2.24, 2.45) is 0 Å². The number of hydrogen-bond acceptors (Lipinski definition) is 5. The molecule has 0 aliphatic carbocycles. The molecule has 19 heavy (non-hydrogen) atoms. The Kier molecular flexibility index (Phi) is 3.86. The van der Waals surface area contributed by atoms with Crippen molar-refractivity contribution in [1.29, 1.82) is 0 Å². The molecule has 2 aromatic rings. The van der Waals surface area contributed by atoms with Crippen LogP contribution in [0.4, 0.5) is 5.82 Å². The lowest BCUT2D eigenvalue weighted by molar-refractivity contribution is -0.127. The Bertz CT molecular complexity index is 594. The van der Waals surface area contributed by atoms with Crippen LogP contribution in [0.3, 0.4) is 0 Å². The largest absolute Gasteiger partial charge is 0.504 e. The highest BCUT2D eigenvalue weighted by atomic mass is 16.5. The van der Waals surface area contributed by atoms with Gasteiger partial charge in [0, 0.05) is 6.20 Å². The van der Waals surface area contributed by atoms with Gasteiger partial charge in [0.25, 0.3) is 5.91 Å². The monoisotopic (exact) mass is 264 g/mol. The van der Waals surface area contributed by atoms with Crippen LogP contribution in [0.1, 0.15) is 19.0 Å². The lowest BCUT2D eigenvalue weighted by Gasteiger charge is -2.07. The lowest BCUT2D eigenvalue weighted by Crippen LogP contribution is -2.27. The molecule has 0 unspecified atom stereocenters. The van der Waals surface area contributed by atoms with Crippen molar-refractivity contribution >= 4 is 17.4 Å². The number of fused-ring (bicyclic) bond motifs is 1. The summed E-state index contributed by atoms with van der Waals surface area (Å²) in [5, 5.41) is 21.2. The van der Waals surface area contributed by atoms with Crippen LogP contribution in [0, 0.1) is 0 Å². The molecule has 2 rings (SSSR count). The normalized spacial score (nSPS) is 10.6. The minimum absolute atomic E-state index is 0.0728. The molecule has 0 aliphatic rings. The van der Waals surface area contributed by atoms with E-state index in [-0.39, 0.29) is 12.3 Å². The number of pyridine rings is 1. The Morgan fingerprint density at radius 1 is 1.53 bits per heavy atom. The second-order valence-corrected chi connectivity index (χ2v) is 4.13. The summed E-state index contributed by atoms with van der Waals surface area (Å²) >= 11 is 0. The number of carbonyl (C=O) groups excluding carboxylic acids is 1. The zero-order valence-corrected chi connectivity index (χ0v) is 10.6. The molecule has 0 aromatic carbocycles. The first-order valence-electron chi connectivity index (χ1n) is 6.03. The van der Waals surface area contributed by atoms with Gasteiger partial charge in [-0.1, -0.05) is 13.3 Å². The summed E-state index contributed by atoms with van der Waals surface area (Å²) in [6.45, 7) is 1.95. The van der Waals surface area contributed by atoms with Crippen molar-refractivity contribution in [3.8, 4) is 5.75 Å². The van der Waals surface area contributed by atoms with Gasteiger partial charge < -0.3 is 10.4 Å². The van der Waals surface area contributed by atoms with E-state index in [0.717, 1.165) is 18.5 Å². The highest BCUT2D eigenvalue weighted by molar-refractivity contribution is 5.79. The van der Waals surface area contributed by atoms with Crippen LogP contribution < -0.4 is 10.8 Å². The number of amides is 1. The molecule has 7 heteroatoms. The van der Waals surface area contributed by atoms with Crippen molar-refractivity contribution in [2.75, 3.05) is 11.9 Å². The number of rotatable bonds is 5. The van der Waals surface area contributed by atoms with Gasteiger partial charge in [-0.05, 0) is 18.6 Å². The molecule has 0 atom stereocenters. The Hall–Kier alpha value is -2.28. The van der Waals surface area contributed by atoms with Gasteiger partial charge in [-0.15, -0.1) is 0 Å². The van der Waals surface area contributed by atoms with Crippen molar-refractivity contribution < 1.29 is 15.1 Å². The van der Waals surface area contributed by atoms with E-state index in [4.69, 9.17) is 5.21 Å². The first kappa shape index (κ1) is 13.2. The van der Waals surface area contributed by atoms with Crippen molar-refractivity contribution in [1.82, 2.24) is 14.9 Å². The Balaban J connectivity index is 2.40. The topological polar surface area (TPSA) is 98.9 Å². The fourth-order valence-electron chi connectivity index (χ4n) is 1.90. The fourth-order valence-corrected chi connectivity index (χ4v) is 1.90. The van der Waals surface area contributed by atoms with Gasteiger partial charge in [0.1, 0.15) is 5.82 Å². The molecule has 0 fully saturated rings. The molecule has 0 saturated heterocycles. The number of carbonyl (C=O) groups is 1. The summed E-state index contributed by atoms with van der Waals surface area (Å²) in [5.41, 5.74) is 2.77. The first-order valence-corrected chi connectivity index (χ1v) is 6.03. The van der Waals surface area contributed by atoms with Crippen molar-refractivity contribution in [3.05, 3.63) is 24.0 Å². The van der Waals surface area contributed by atoms with E-state index in [9.17, 15) is 9.90 Å². The maximum atomic E-state index is 11.1. The SMILES string of the molecule is CCCc1nc2c(O)cccn2c1NCC(=O)NO. The molecule has 4 N–H and O–H groups in total. The van der Waals surface area contributed by atoms with Gasteiger partial charge in [-0.2, -0.15) is 0 Å². The molecular weight excluding hydrogens is 248 g/mol. The molecule has 7 nitrogen and oxygen atoms in total. The number of imidazole rings is 1. The van der Waals surface area contributed by atoms with Crippen LogP contribution in [0.2, 0.25) is 0 Å². The van der Waals surface area contributed by atoms with E-state index in [1.807, 2.05) is 6.92 Å². The Morgan fingerprint density at radius 3 is 3.00 bits per heavy atom. The van der Waals surface area contributed by atoms with E-state index < -0.39 is 5.91 Å². The third-order valence-electron chi connectivity index (χ3n) is 2.73. The molecule has 0 radical (unpaired) electrons. The molecular formula is C12H16N4O3. The maximum absolute atomic E-state index is 11.1. The standard InChI is InChI=1S/C12H16N4O3/c1-2-4-8-11(13-7-10(18)15-19)16-6-3-5-9(17)12(16)14-8/h3,5-6,13,17,19H,2,4,7H2,1H3,(H,15,18). The van der Waals surface area contributed by atoms with Crippen LogP contribution in [0.25, 0.3) is 5.65 Å². The van der Waals surface area contributed by atoms with E-state index >= 15 is 0 Å². The fraction of sp³-hybridized carbons (Fsp3) is 0.333. The number of aromatic nitrogens is 2. The molecule has 2 aromatic heterocycles. The van der Waals surface area contributed by atoms with Gasteiger partial charge in [0.2, 0.25) is 0 Å². The van der Waals surface area contributed by atoms with Crippen LogP contribution in [-0.4, -0.2) is 32.2 Å². The minimum atomic E-state index is -0.544. The van der Waals surface area contributed by atoms with E-state index in [2.05, 4.69) is 10.3 Å². The van der Waals surface area contributed by atoms with Gasteiger partial charge in [-0.25, -0.2) is 10.5 Å². The number of nitrogens with zero attached hydrogens (tertiary/aromatic N) is 2. The van der Waals surface area contributed by atoms with Crippen LogP contribution in [0.15, 0.2) is 18.3 Å². The minimum Gasteiger partial charge on any atom is -0.504 e. The van der Waals surface area contributed by atoms with E-state index in [0.29, 0.717) is 11.5 Å². The molecule has 0 spiro atoms. The zero-order chi connectivity index (χ0) is 13.8. The molecule has 2 heterocycles. The zero-order valence-electron chi connectivity index (χ0n) is 10.6. The summed E-state index contributed by atoms with van der Waals surface area (Å²) in [7, 11) is 0. The number of hydrogen-bond donors (Lipinski definition) is 4. The quantitative estimate of drug-likeness (QED) is 0.475. The number of aryl methyl sites for hydroxylation is 1. The van der Waals surface area contributed by atoms with Gasteiger partial charge in [0.05, 0.1) is 12.2 Å². The van der Waals surface area contributed by atoms with Gasteiger partial charge in [-0.3, -0.25) is 14.4 Å². The summed E-state index contributed by atoms with van der Waals surface area (Å²) in [5.74, 6) is 0.188. The lowest BCUT2D eigenvalue weighted by atomic mass is 10.2. The number of aromatic hydroxyl groups is 1. The predicted molar refractivity (Wildman–Crippen MR) is 69.3 cm³/mol. The molecule has 1 amide bonds. The third-order valence-corrected chi connectivity index (χ3v) is 2.73. The summed E-state index contributed by atoms with van der Waals surface area (Å²) in [6.07, 6.45) is 3.37. The summed E-state index contributed by atoms with van der Waals surface area (Å²) in [6, 6.07) is 3.25.